The summed E-state index contributed by atoms with van der Waals surface area (Å²) in [5.41, 5.74) is -4.12. The highest BCUT2D eigenvalue weighted by Gasteiger charge is 2.59. The number of benzene rings is 3. The molecule has 2 N–H and O–H groups in total. The predicted octanol–water partition coefficient (Wildman–Crippen LogP) is 5.75. The third kappa shape index (κ3) is 4.51. The van der Waals surface area contributed by atoms with Gasteiger partial charge in [-0.15, -0.1) is 0 Å². The second kappa shape index (κ2) is 9.35. The average Bonchev–Trinajstić information content (AvgIpc) is 2.84. The Bertz CT molecular complexity index is 1410. The summed E-state index contributed by atoms with van der Waals surface area (Å²) in [7, 11) is 1.39. The first-order valence-electron chi connectivity index (χ1n) is 10.9. The fourth-order valence-corrected chi connectivity index (χ4v) is 4.66. The largest absolute Gasteiger partial charge is 0.482 e. The number of aliphatic hydroxyl groups is 1. The molecule has 0 radical (unpaired) electrons. The Morgan fingerprint density at radius 2 is 1.81 bits per heavy atom. The summed E-state index contributed by atoms with van der Waals surface area (Å²) in [6.45, 7) is 0.880. The van der Waals surface area contributed by atoms with Gasteiger partial charge in [0.15, 0.2) is 12.2 Å². The number of hydrogen-bond acceptors (Lipinski definition) is 4. The van der Waals surface area contributed by atoms with Gasteiger partial charge in [-0.05, 0) is 53.1 Å². The van der Waals surface area contributed by atoms with Gasteiger partial charge in [0.1, 0.15) is 11.6 Å². The third-order valence-electron chi connectivity index (χ3n) is 6.54. The first-order valence-corrected chi connectivity index (χ1v) is 11.3. The van der Waals surface area contributed by atoms with Crippen LogP contribution in [0.4, 0.5) is 23.2 Å². The molecule has 11 heteroatoms. The summed E-state index contributed by atoms with van der Waals surface area (Å²) in [6.07, 6.45) is -5.16. The van der Waals surface area contributed by atoms with Gasteiger partial charge in [-0.25, -0.2) is 9.18 Å². The SMILES string of the molecule is CC(c1ccc(-c2cc(C(=O)O)ccc2F)cc1Cl)C(O)(c1ccc2c(c1)N(C)C(=O)CO2)C(F)(F)F. The molecule has 0 aliphatic carbocycles. The van der Waals surface area contributed by atoms with E-state index in [1.807, 2.05) is 0 Å². The van der Waals surface area contributed by atoms with Gasteiger partial charge in [0, 0.05) is 23.6 Å². The van der Waals surface area contributed by atoms with Crippen molar-refractivity contribution in [3.63, 3.8) is 0 Å². The summed E-state index contributed by atoms with van der Waals surface area (Å²) >= 11 is 6.34. The lowest BCUT2D eigenvalue weighted by atomic mass is 9.77. The van der Waals surface area contributed by atoms with Crippen LogP contribution in [0.1, 0.15) is 34.3 Å². The highest BCUT2D eigenvalue weighted by molar-refractivity contribution is 6.31. The molecule has 0 saturated carbocycles. The summed E-state index contributed by atoms with van der Waals surface area (Å²) in [5, 5.41) is 20.2. The van der Waals surface area contributed by atoms with E-state index in [1.54, 1.807) is 0 Å². The molecule has 3 aromatic rings. The monoisotopic (exact) mass is 537 g/mol. The Balaban J connectivity index is 1.79. The van der Waals surface area contributed by atoms with Gasteiger partial charge >= 0.3 is 12.1 Å². The number of aromatic carboxylic acids is 1. The van der Waals surface area contributed by atoms with Crippen molar-refractivity contribution < 1.29 is 42.1 Å². The van der Waals surface area contributed by atoms with E-state index in [9.17, 15) is 37.4 Å². The fourth-order valence-electron chi connectivity index (χ4n) is 4.32. The Morgan fingerprint density at radius 3 is 2.43 bits per heavy atom. The van der Waals surface area contributed by atoms with E-state index in [2.05, 4.69) is 0 Å². The highest BCUT2D eigenvalue weighted by Crippen LogP contribution is 2.51. The third-order valence-corrected chi connectivity index (χ3v) is 6.86. The number of carbonyl (C=O) groups is 2. The molecule has 0 fully saturated rings. The number of halogens is 5. The van der Waals surface area contributed by atoms with Crippen LogP contribution in [0.5, 0.6) is 5.75 Å². The normalized spacial score (nSPS) is 16.0. The van der Waals surface area contributed by atoms with Crippen molar-refractivity contribution in [2.45, 2.75) is 24.6 Å². The Labute approximate surface area is 213 Å². The van der Waals surface area contributed by atoms with E-state index in [0.717, 1.165) is 42.2 Å². The van der Waals surface area contributed by atoms with Crippen LogP contribution in [-0.2, 0) is 10.4 Å². The van der Waals surface area contributed by atoms with Gasteiger partial charge in [-0.3, -0.25) is 4.79 Å². The Hall–Kier alpha value is -3.63. The van der Waals surface area contributed by atoms with Crippen molar-refractivity contribution in [2.75, 3.05) is 18.6 Å². The number of nitrogens with zero attached hydrogens (tertiary/aromatic N) is 1. The van der Waals surface area contributed by atoms with E-state index in [-0.39, 0.29) is 45.3 Å². The molecule has 37 heavy (non-hydrogen) atoms. The number of carbonyl (C=O) groups excluding carboxylic acids is 1. The lowest BCUT2D eigenvalue weighted by Crippen LogP contribution is -2.47. The van der Waals surface area contributed by atoms with Gasteiger partial charge in [0.25, 0.3) is 5.91 Å². The van der Waals surface area contributed by atoms with Gasteiger partial charge < -0.3 is 19.8 Å². The number of rotatable bonds is 5. The van der Waals surface area contributed by atoms with Crippen molar-refractivity contribution in [1.29, 1.82) is 0 Å². The molecule has 4 rings (SSSR count). The zero-order chi connectivity index (χ0) is 27.3. The van der Waals surface area contributed by atoms with E-state index in [0.29, 0.717) is 0 Å². The number of alkyl halides is 3. The van der Waals surface area contributed by atoms with E-state index < -0.39 is 41.0 Å². The first-order chi connectivity index (χ1) is 17.3. The van der Waals surface area contributed by atoms with Gasteiger partial charge in [0.05, 0.1) is 11.3 Å². The molecule has 2 unspecified atom stereocenters. The Morgan fingerprint density at radius 1 is 1.11 bits per heavy atom. The zero-order valence-electron chi connectivity index (χ0n) is 19.4. The van der Waals surface area contributed by atoms with Crippen LogP contribution in [-0.4, -0.2) is 41.9 Å². The van der Waals surface area contributed by atoms with Crippen molar-refractivity contribution >= 4 is 29.2 Å². The number of carboxylic acids is 1. The number of fused-ring (bicyclic) bond motifs is 1. The van der Waals surface area contributed by atoms with E-state index >= 15 is 0 Å². The van der Waals surface area contributed by atoms with E-state index in [1.165, 1.54) is 31.3 Å². The number of anilines is 1. The van der Waals surface area contributed by atoms with Gasteiger partial charge in [-0.1, -0.05) is 36.7 Å². The summed E-state index contributed by atoms with van der Waals surface area (Å²) in [5.74, 6) is -3.95. The summed E-state index contributed by atoms with van der Waals surface area (Å²) in [6, 6.07) is 10.2. The molecule has 0 aromatic heterocycles. The second-order valence-corrected chi connectivity index (χ2v) is 9.05. The molecule has 1 aliphatic heterocycles. The minimum atomic E-state index is -5.16. The topological polar surface area (TPSA) is 87.1 Å². The minimum absolute atomic E-state index is 0.0684. The molecule has 6 nitrogen and oxygen atoms in total. The molecule has 1 aliphatic rings. The quantitative estimate of drug-likeness (QED) is 0.405. The van der Waals surface area contributed by atoms with Crippen molar-refractivity contribution in [3.05, 3.63) is 82.1 Å². The molecule has 0 spiro atoms. The lowest BCUT2D eigenvalue weighted by molar-refractivity contribution is -0.274. The molecule has 1 amide bonds. The molecule has 3 aromatic carbocycles. The van der Waals surface area contributed by atoms with Crippen LogP contribution in [0.3, 0.4) is 0 Å². The number of carboxylic acid groups (broad SMARTS) is 1. The lowest BCUT2D eigenvalue weighted by Gasteiger charge is -2.38. The van der Waals surface area contributed by atoms with Gasteiger partial charge in [-0.2, -0.15) is 13.2 Å². The molecular formula is C26H20ClF4NO5. The van der Waals surface area contributed by atoms with Gasteiger partial charge in [0.2, 0.25) is 0 Å². The average molecular weight is 538 g/mol. The van der Waals surface area contributed by atoms with Crippen LogP contribution in [0.2, 0.25) is 5.02 Å². The maximum atomic E-state index is 14.5. The first kappa shape index (κ1) is 26.4. The summed E-state index contributed by atoms with van der Waals surface area (Å²) < 4.78 is 63.1. The highest BCUT2D eigenvalue weighted by atomic mass is 35.5. The summed E-state index contributed by atoms with van der Waals surface area (Å²) in [4.78, 5) is 24.4. The maximum Gasteiger partial charge on any atom is 0.422 e. The number of likely N-dealkylation sites (N-methyl/N-ethyl adjacent to an activating group) is 1. The number of ether oxygens (including phenoxy) is 1. The maximum absolute atomic E-state index is 14.5. The van der Waals surface area contributed by atoms with Crippen molar-refractivity contribution in [1.82, 2.24) is 0 Å². The molecule has 2 atom stereocenters. The standard InChI is InChI=1S/C26H20ClF4NO5/c1-13(17-6-3-14(10-19(17)27)18-9-15(24(34)35)4-7-20(18)28)25(36,26(29,30)31)16-5-8-22-21(11-16)32(2)23(33)12-37-22/h3-11,13,36H,12H2,1-2H3,(H,34,35). The van der Waals surface area contributed by atoms with E-state index in [4.69, 9.17) is 16.3 Å². The van der Waals surface area contributed by atoms with Crippen LogP contribution < -0.4 is 9.64 Å². The minimum Gasteiger partial charge on any atom is -0.482 e. The predicted molar refractivity (Wildman–Crippen MR) is 128 cm³/mol. The molecule has 194 valence electrons. The molecule has 1 heterocycles. The van der Waals surface area contributed by atoms with Crippen molar-refractivity contribution in [3.8, 4) is 16.9 Å². The van der Waals surface area contributed by atoms with Crippen LogP contribution in [0.15, 0.2) is 54.6 Å². The van der Waals surface area contributed by atoms with Crippen LogP contribution in [0, 0.1) is 5.82 Å². The molecule has 0 bridgehead atoms. The van der Waals surface area contributed by atoms with Crippen LogP contribution in [0.25, 0.3) is 11.1 Å². The number of hydrogen-bond donors (Lipinski definition) is 2. The van der Waals surface area contributed by atoms with Crippen LogP contribution >= 0.6 is 11.6 Å². The number of amides is 1. The zero-order valence-corrected chi connectivity index (χ0v) is 20.2. The second-order valence-electron chi connectivity index (χ2n) is 8.65. The molecular weight excluding hydrogens is 518 g/mol. The smallest absolute Gasteiger partial charge is 0.422 e. The Kier molecular flexibility index (Phi) is 6.68. The molecule has 0 saturated heterocycles. The van der Waals surface area contributed by atoms with Crippen molar-refractivity contribution in [2.24, 2.45) is 0 Å². The fraction of sp³-hybridized carbons (Fsp3) is 0.231.